The van der Waals surface area contributed by atoms with Gasteiger partial charge in [-0.25, -0.2) is 8.42 Å². The first kappa shape index (κ1) is 14.6. The molecule has 0 spiro atoms. The van der Waals surface area contributed by atoms with Crippen molar-refractivity contribution < 1.29 is 8.42 Å². The lowest BCUT2D eigenvalue weighted by Gasteiger charge is -2.18. The van der Waals surface area contributed by atoms with E-state index >= 15 is 0 Å². The number of aryl methyl sites for hydroxylation is 1. The molecule has 0 saturated heterocycles. The molecular weight excluding hydrogens is 304 g/mol. The highest BCUT2D eigenvalue weighted by atomic mass is 35.5. The van der Waals surface area contributed by atoms with Crippen molar-refractivity contribution >= 4 is 21.4 Å². The lowest BCUT2D eigenvalue weighted by atomic mass is 10.0. The van der Waals surface area contributed by atoms with Gasteiger partial charge in [-0.2, -0.15) is 0 Å². The molecule has 0 bridgehead atoms. The van der Waals surface area contributed by atoms with Gasteiger partial charge in [-0.1, -0.05) is 42.3 Å². The van der Waals surface area contributed by atoms with Crippen LogP contribution in [0.1, 0.15) is 35.6 Å². The minimum absolute atomic E-state index is 0.355. The number of rotatable bonds is 2. The molecule has 0 fully saturated rings. The molecule has 4 heteroatoms. The van der Waals surface area contributed by atoms with Gasteiger partial charge in [-0.3, -0.25) is 0 Å². The van der Waals surface area contributed by atoms with Gasteiger partial charge in [0.15, 0.2) is 9.84 Å². The molecule has 3 rings (SSSR count). The monoisotopic (exact) mass is 320 g/mol. The summed E-state index contributed by atoms with van der Waals surface area (Å²) in [4.78, 5) is 0.355. The highest BCUT2D eigenvalue weighted by Crippen LogP contribution is 2.38. The van der Waals surface area contributed by atoms with Crippen molar-refractivity contribution in [1.82, 2.24) is 0 Å². The molecule has 0 N–H and O–H groups in total. The van der Waals surface area contributed by atoms with E-state index in [0.29, 0.717) is 16.3 Å². The Morgan fingerprint density at radius 3 is 2.43 bits per heavy atom. The van der Waals surface area contributed by atoms with Gasteiger partial charge in [0, 0.05) is 5.02 Å². The van der Waals surface area contributed by atoms with Crippen LogP contribution in [0, 0.1) is 0 Å². The maximum Gasteiger partial charge on any atom is 0.185 e. The van der Waals surface area contributed by atoms with E-state index in [4.69, 9.17) is 11.6 Å². The van der Waals surface area contributed by atoms with Gasteiger partial charge in [-0.05, 0) is 54.7 Å². The van der Waals surface area contributed by atoms with E-state index in [-0.39, 0.29) is 0 Å². The molecule has 1 aliphatic rings. The summed E-state index contributed by atoms with van der Waals surface area (Å²) in [7, 11) is -3.37. The zero-order valence-corrected chi connectivity index (χ0v) is 13.2. The van der Waals surface area contributed by atoms with E-state index in [2.05, 4.69) is 0 Å². The Morgan fingerprint density at radius 2 is 1.67 bits per heavy atom. The molecule has 0 aliphatic heterocycles. The Labute approximate surface area is 130 Å². The van der Waals surface area contributed by atoms with Gasteiger partial charge in [0.05, 0.1) is 10.1 Å². The Morgan fingerprint density at radius 1 is 0.952 bits per heavy atom. The molecular formula is C17H17ClO2S. The molecule has 1 unspecified atom stereocenters. The van der Waals surface area contributed by atoms with Crippen molar-refractivity contribution in [3.8, 4) is 0 Å². The standard InChI is InChI=1S/C17H17ClO2S/c18-14-9-11-15(12-10-14)21(19,20)17-8-4-2-6-13-5-1-3-7-16(13)17/h1,3,5,7,9-12,17H,2,4,6,8H2. The number of benzene rings is 2. The third kappa shape index (κ3) is 2.85. The van der Waals surface area contributed by atoms with Crippen molar-refractivity contribution in [2.75, 3.05) is 0 Å². The van der Waals surface area contributed by atoms with E-state index in [9.17, 15) is 8.42 Å². The number of halogens is 1. The van der Waals surface area contributed by atoms with E-state index in [0.717, 1.165) is 30.4 Å². The minimum Gasteiger partial charge on any atom is -0.223 e. The zero-order valence-electron chi connectivity index (χ0n) is 11.6. The highest BCUT2D eigenvalue weighted by molar-refractivity contribution is 7.91. The Bertz CT molecular complexity index is 736. The van der Waals surface area contributed by atoms with E-state index in [1.165, 1.54) is 0 Å². The van der Waals surface area contributed by atoms with Crippen LogP contribution in [0.15, 0.2) is 53.4 Å². The summed E-state index contributed by atoms with van der Waals surface area (Å²) in [5.41, 5.74) is 2.13. The summed E-state index contributed by atoms with van der Waals surface area (Å²) in [5.74, 6) is 0. The van der Waals surface area contributed by atoms with Crippen molar-refractivity contribution in [3.63, 3.8) is 0 Å². The van der Waals surface area contributed by atoms with Crippen LogP contribution in [-0.4, -0.2) is 8.42 Å². The van der Waals surface area contributed by atoms with Crippen LogP contribution in [0.5, 0.6) is 0 Å². The molecule has 0 saturated carbocycles. The van der Waals surface area contributed by atoms with Gasteiger partial charge >= 0.3 is 0 Å². The zero-order chi connectivity index (χ0) is 14.9. The van der Waals surface area contributed by atoms with Crippen LogP contribution < -0.4 is 0 Å². The second-order valence-electron chi connectivity index (χ2n) is 5.43. The van der Waals surface area contributed by atoms with Crippen molar-refractivity contribution in [3.05, 3.63) is 64.7 Å². The fraction of sp³-hybridized carbons (Fsp3) is 0.294. The molecule has 21 heavy (non-hydrogen) atoms. The normalized spacial score (nSPS) is 18.8. The summed E-state index contributed by atoms with van der Waals surface area (Å²) in [6.07, 6.45) is 3.63. The Balaban J connectivity index is 2.08. The molecule has 0 amide bonds. The lowest BCUT2D eigenvalue weighted by Crippen LogP contribution is -2.14. The SMILES string of the molecule is O=S(=O)(c1ccc(Cl)cc1)C1CCCCc2ccccc21. The average molecular weight is 321 g/mol. The second kappa shape index (κ2) is 5.82. The fourth-order valence-electron chi connectivity index (χ4n) is 2.99. The van der Waals surface area contributed by atoms with E-state index in [1.807, 2.05) is 24.3 Å². The Hall–Kier alpha value is -1.32. The van der Waals surface area contributed by atoms with Crippen molar-refractivity contribution in [1.29, 1.82) is 0 Å². The van der Waals surface area contributed by atoms with E-state index < -0.39 is 15.1 Å². The quantitative estimate of drug-likeness (QED) is 0.759. The van der Waals surface area contributed by atoms with Crippen molar-refractivity contribution in [2.24, 2.45) is 0 Å². The number of hydrogen-bond acceptors (Lipinski definition) is 2. The van der Waals surface area contributed by atoms with Crippen LogP contribution in [-0.2, 0) is 16.3 Å². The van der Waals surface area contributed by atoms with Gasteiger partial charge in [0.1, 0.15) is 0 Å². The lowest BCUT2D eigenvalue weighted by molar-refractivity contribution is 0.571. The third-order valence-electron chi connectivity index (χ3n) is 4.08. The molecule has 2 nitrogen and oxygen atoms in total. The van der Waals surface area contributed by atoms with Crippen LogP contribution in [0.25, 0.3) is 0 Å². The summed E-state index contributed by atoms with van der Waals surface area (Å²) < 4.78 is 25.9. The second-order valence-corrected chi connectivity index (χ2v) is 8.00. The largest absolute Gasteiger partial charge is 0.223 e. The van der Waals surface area contributed by atoms with Gasteiger partial charge in [0.2, 0.25) is 0 Å². The van der Waals surface area contributed by atoms with Gasteiger partial charge in [-0.15, -0.1) is 0 Å². The average Bonchev–Trinajstić information content (AvgIpc) is 2.70. The fourth-order valence-corrected chi connectivity index (χ4v) is 5.00. The molecule has 0 heterocycles. The predicted molar refractivity (Wildman–Crippen MR) is 85.4 cm³/mol. The molecule has 0 aromatic heterocycles. The van der Waals surface area contributed by atoms with Crippen LogP contribution >= 0.6 is 11.6 Å². The van der Waals surface area contributed by atoms with Crippen LogP contribution in [0.2, 0.25) is 5.02 Å². The molecule has 1 atom stereocenters. The topological polar surface area (TPSA) is 34.1 Å². The predicted octanol–water partition coefficient (Wildman–Crippen LogP) is 4.58. The summed E-state index contributed by atoms with van der Waals surface area (Å²) >= 11 is 5.86. The molecule has 2 aromatic carbocycles. The van der Waals surface area contributed by atoms with Gasteiger partial charge < -0.3 is 0 Å². The van der Waals surface area contributed by atoms with E-state index in [1.54, 1.807) is 24.3 Å². The van der Waals surface area contributed by atoms with Crippen LogP contribution in [0.4, 0.5) is 0 Å². The first-order valence-electron chi connectivity index (χ1n) is 7.16. The molecule has 2 aromatic rings. The van der Waals surface area contributed by atoms with Gasteiger partial charge in [0.25, 0.3) is 0 Å². The first-order chi connectivity index (χ1) is 10.1. The molecule has 0 radical (unpaired) electrons. The minimum atomic E-state index is -3.37. The highest BCUT2D eigenvalue weighted by Gasteiger charge is 2.31. The summed E-state index contributed by atoms with van der Waals surface area (Å²) in [6, 6.07) is 14.4. The number of hydrogen-bond donors (Lipinski definition) is 0. The Kier molecular flexibility index (Phi) is 4.05. The van der Waals surface area contributed by atoms with Crippen LogP contribution in [0.3, 0.4) is 0 Å². The maximum absolute atomic E-state index is 13.0. The number of fused-ring (bicyclic) bond motifs is 1. The molecule has 110 valence electrons. The number of sulfone groups is 1. The summed E-state index contributed by atoms with van der Waals surface area (Å²) in [5, 5.41) is 0.104. The maximum atomic E-state index is 13.0. The smallest absolute Gasteiger partial charge is 0.185 e. The molecule has 1 aliphatic carbocycles. The first-order valence-corrected chi connectivity index (χ1v) is 9.09. The third-order valence-corrected chi connectivity index (χ3v) is 6.50. The summed E-state index contributed by atoms with van der Waals surface area (Å²) in [6.45, 7) is 0. The van der Waals surface area contributed by atoms with Crippen molar-refractivity contribution in [2.45, 2.75) is 35.8 Å².